The Morgan fingerprint density at radius 3 is 2.60 bits per heavy atom. The van der Waals surface area contributed by atoms with Crippen LogP contribution >= 0.6 is 48.3 Å². The second-order valence-electron chi connectivity index (χ2n) is 7.34. The molecule has 4 unspecified atom stereocenters. The fourth-order valence-electron chi connectivity index (χ4n) is 3.29. The first-order valence-corrected chi connectivity index (χ1v) is 10.6. The number of nitrogens with one attached hydrogen (secondary N) is 1. The summed E-state index contributed by atoms with van der Waals surface area (Å²) in [6.45, 7) is 8.43. The van der Waals surface area contributed by atoms with Crippen molar-refractivity contribution in [1.82, 2.24) is 10.2 Å². The van der Waals surface area contributed by atoms with E-state index < -0.39 is 0 Å². The Morgan fingerprint density at radius 1 is 1.24 bits per heavy atom. The Kier molecular flexibility index (Phi) is 9.29. The van der Waals surface area contributed by atoms with Crippen molar-refractivity contribution in [1.29, 1.82) is 0 Å². The van der Waals surface area contributed by atoms with Crippen LogP contribution in [-0.2, 0) is 0 Å². The minimum absolute atomic E-state index is 0. The van der Waals surface area contributed by atoms with Crippen molar-refractivity contribution in [3.05, 3.63) is 11.6 Å². The number of urea groups is 1. The van der Waals surface area contributed by atoms with Crippen molar-refractivity contribution in [3.63, 3.8) is 0 Å². The van der Waals surface area contributed by atoms with Crippen LogP contribution in [0.2, 0.25) is 0 Å². The van der Waals surface area contributed by atoms with Gasteiger partial charge in [-0.25, -0.2) is 4.79 Å². The number of carbonyl (C=O) groups is 1. The van der Waals surface area contributed by atoms with Crippen molar-refractivity contribution in [2.45, 2.75) is 60.7 Å². The van der Waals surface area contributed by atoms with Crippen LogP contribution in [0.25, 0.3) is 0 Å². The number of rotatable bonds is 8. The molecule has 0 aromatic heterocycles. The number of nitrogens with two attached hydrogens (primary N) is 1. The summed E-state index contributed by atoms with van der Waals surface area (Å²) in [6.07, 6.45) is 4.48. The average Bonchev–Trinajstić information content (AvgIpc) is 3.33. The molecule has 2 amide bonds. The highest BCUT2D eigenvalue weighted by atomic mass is 35.5. The van der Waals surface area contributed by atoms with Crippen molar-refractivity contribution >= 4 is 54.4 Å². The standard InChI is InChI=1S/C17H29N3OS2.2ClH/c1-10(2)4-6-20(7-5-18)17(21)19-11(3)8-12-9-13-15(22-13)16-14(12)23-16;;/h9-11,13-16H,4-8,18H2,1-3H3,(H,19,21);2*1H/t11-,13?,14?,15?,16?;;/m0../s1. The van der Waals surface area contributed by atoms with E-state index in [1.54, 1.807) is 5.57 Å². The van der Waals surface area contributed by atoms with Crippen LogP contribution in [0.15, 0.2) is 11.6 Å². The van der Waals surface area contributed by atoms with Crippen LogP contribution in [0.1, 0.15) is 33.6 Å². The predicted octanol–water partition coefficient (Wildman–Crippen LogP) is 3.53. The summed E-state index contributed by atoms with van der Waals surface area (Å²) < 4.78 is 0. The summed E-state index contributed by atoms with van der Waals surface area (Å²) in [4.78, 5) is 14.4. The van der Waals surface area contributed by atoms with Gasteiger partial charge < -0.3 is 16.0 Å². The molecule has 4 nitrogen and oxygen atoms in total. The fourth-order valence-corrected chi connectivity index (χ4v) is 6.22. The van der Waals surface area contributed by atoms with Gasteiger partial charge in [-0.3, -0.25) is 0 Å². The summed E-state index contributed by atoms with van der Waals surface area (Å²) in [5.41, 5.74) is 7.22. The van der Waals surface area contributed by atoms with E-state index in [2.05, 4.69) is 55.7 Å². The molecule has 2 aliphatic heterocycles. The van der Waals surface area contributed by atoms with Crippen molar-refractivity contribution < 1.29 is 4.79 Å². The molecule has 0 saturated carbocycles. The van der Waals surface area contributed by atoms with E-state index in [0.29, 0.717) is 19.0 Å². The number of hydrogen-bond donors (Lipinski definition) is 2. The Labute approximate surface area is 172 Å². The first kappa shape index (κ1) is 23.3. The third-order valence-electron chi connectivity index (χ3n) is 4.73. The topological polar surface area (TPSA) is 58.4 Å². The lowest BCUT2D eigenvalue weighted by Crippen LogP contribution is -2.46. The minimum atomic E-state index is 0. The first-order chi connectivity index (χ1) is 11.0. The Bertz CT molecular complexity index is 493. The lowest BCUT2D eigenvalue weighted by molar-refractivity contribution is 0.193. The molecule has 0 spiro atoms. The summed E-state index contributed by atoms with van der Waals surface area (Å²) in [7, 11) is 0. The highest BCUT2D eigenvalue weighted by Gasteiger charge is 2.59. The molecule has 3 N–H and O–H groups in total. The number of amides is 2. The van der Waals surface area contributed by atoms with Crippen LogP contribution in [0.4, 0.5) is 4.79 Å². The van der Waals surface area contributed by atoms with Crippen molar-refractivity contribution in [2.24, 2.45) is 11.7 Å². The van der Waals surface area contributed by atoms with Crippen molar-refractivity contribution in [3.8, 4) is 0 Å². The molecular formula is C17H31Cl2N3OS2. The van der Waals surface area contributed by atoms with E-state index in [4.69, 9.17) is 5.73 Å². The summed E-state index contributed by atoms with van der Waals surface area (Å²) in [5.74, 6) is 0.598. The number of thioether (sulfide) groups is 2. The molecule has 8 heteroatoms. The number of fused-ring (bicyclic) bond motifs is 3. The van der Waals surface area contributed by atoms with E-state index in [1.807, 2.05) is 4.90 Å². The molecule has 0 bridgehead atoms. The Balaban J connectivity index is 0.00000156. The highest BCUT2D eigenvalue weighted by Crippen LogP contribution is 2.65. The van der Waals surface area contributed by atoms with Crippen molar-refractivity contribution in [2.75, 3.05) is 19.6 Å². The first-order valence-electron chi connectivity index (χ1n) is 8.76. The van der Waals surface area contributed by atoms with E-state index in [1.165, 1.54) is 0 Å². The zero-order chi connectivity index (χ0) is 16.6. The van der Waals surface area contributed by atoms with Crippen LogP contribution in [0.5, 0.6) is 0 Å². The largest absolute Gasteiger partial charge is 0.335 e. The third kappa shape index (κ3) is 6.13. The second kappa shape index (κ2) is 9.98. The number of carbonyl (C=O) groups excluding carboxylic acids is 1. The number of nitrogens with zero attached hydrogens (tertiary/aromatic N) is 1. The molecule has 5 atom stereocenters. The average molecular weight is 428 g/mol. The van der Waals surface area contributed by atoms with Gasteiger partial charge in [0.1, 0.15) is 0 Å². The molecule has 0 aromatic rings. The summed E-state index contributed by atoms with van der Waals surface area (Å²) in [5, 5.41) is 6.45. The highest BCUT2D eigenvalue weighted by molar-refractivity contribution is 8.13. The monoisotopic (exact) mass is 427 g/mol. The van der Waals surface area contributed by atoms with Gasteiger partial charge in [0.15, 0.2) is 0 Å². The quantitative estimate of drug-likeness (QED) is 0.459. The van der Waals surface area contributed by atoms with Crippen LogP contribution in [0, 0.1) is 5.92 Å². The van der Waals surface area contributed by atoms with Gasteiger partial charge >= 0.3 is 6.03 Å². The second-order valence-corrected chi connectivity index (χ2v) is 10.0. The van der Waals surface area contributed by atoms with E-state index in [9.17, 15) is 4.79 Å². The molecule has 146 valence electrons. The zero-order valence-corrected chi connectivity index (χ0v) is 18.4. The molecular weight excluding hydrogens is 397 g/mol. The third-order valence-corrected chi connectivity index (χ3v) is 7.69. The van der Waals surface area contributed by atoms with Crippen LogP contribution in [-0.4, -0.2) is 57.6 Å². The predicted molar refractivity (Wildman–Crippen MR) is 116 cm³/mol. The SMILES string of the molecule is CC(C)CCN(CCN)C(=O)N[C@@H](C)CC1=CC2SC2C2SC12.Cl.Cl. The summed E-state index contributed by atoms with van der Waals surface area (Å²) >= 11 is 4.22. The molecule has 0 radical (unpaired) electrons. The minimum Gasteiger partial charge on any atom is -0.335 e. The Morgan fingerprint density at radius 2 is 1.96 bits per heavy atom. The lowest BCUT2D eigenvalue weighted by atomic mass is 9.95. The van der Waals surface area contributed by atoms with Gasteiger partial charge in [0.05, 0.1) is 0 Å². The summed E-state index contributed by atoms with van der Waals surface area (Å²) in [6, 6.07) is 0.230. The molecule has 2 heterocycles. The van der Waals surface area contributed by atoms with Gasteiger partial charge in [0, 0.05) is 46.7 Å². The van der Waals surface area contributed by atoms with Gasteiger partial charge in [-0.1, -0.05) is 25.5 Å². The van der Waals surface area contributed by atoms with Gasteiger partial charge in [0.25, 0.3) is 0 Å². The van der Waals surface area contributed by atoms with Crippen LogP contribution in [0.3, 0.4) is 0 Å². The van der Waals surface area contributed by atoms with Gasteiger partial charge in [-0.2, -0.15) is 0 Å². The van der Waals surface area contributed by atoms with E-state index in [-0.39, 0.29) is 36.9 Å². The smallest absolute Gasteiger partial charge is 0.317 e. The normalized spacial score (nSPS) is 29.2. The maximum Gasteiger partial charge on any atom is 0.317 e. The molecule has 2 saturated heterocycles. The van der Waals surface area contributed by atoms with E-state index >= 15 is 0 Å². The maximum absolute atomic E-state index is 12.5. The number of hydrogen-bond acceptors (Lipinski definition) is 4. The van der Waals surface area contributed by atoms with E-state index in [0.717, 1.165) is 40.4 Å². The molecule has 3 aliphatic rings. The Hall–Kier alpha value is 0.250. The number of halogens is 2. The van der Waals surface area contributed by atoms with Crippen LogP contribution < -0.4 is 11.1 Å². The lowest BCUT2D eigenvalue weighted by Gasteiger charge is -2.26. The molecule has 1 aliphatic carbocycles. The molecule has 25 heavy (non-hydrogen) atoms. The fraction of sp³-hybridized carbons (Fsp3) is 0.824. The molecule has 2 fully saturated rings. The van der Waals surface area contributed by atoms with Gasteiger partial charge in [-0.15, -0.1) is 48.3 Å². The maximum atomic E-state index is 12.5. The van der Waals surface area contributed by atoms with Gasteiger partial charge in [-0.05, 0) is 25.7 Å². The zero-order valence-electron chi connectivity index (χ0n) is 15.1. The molecule has 3 rings (SSSR count). The van der Waals surface area contributed by atoms with Gasteiger partial charge in [0.2, 0.25) is 0 Å². The molecule has 0 aromatic carbocycles.